The number of para-hydroxylation sites is 1. The zero-order valence-electron chi connectivity index (χ0n) is 15.2. The van der Waals surface area contributed by atoms with Crippen molar-refractivity contribution >= 4 is 5.91 Å². The second-order valence-electron chi connectivity index (χ2n) is 6.88. The quantitative estimate of drug-likeness (QED) is 0.779. The lowest BCUT2D eigenvalue weighted by Crippen LogP contribution is -2.31. The Labute approximate surface area is 153 Å². The molecule has 1 amide bonds. The van der Waals surface area contributed by atoms with E-state index in [4.69, 9.17) is 4.42 Å². The van der Waals surface area contributed by atoms with Gasteiger partial charge in [-0.05, 0) is 44.9 Å². The lowest BCUT2D eigenvalue weighted by Gasteiger charge is -2.22. The molecule has 1 atom stereocenters. The summed E-state index contributed by atoms with van der Waals surface area (Å²) in [7, 11) is 0. The highest BCUT2D eigenvalue weighted by molar-refractivity contribution is 5.79. The number of nitrogens with one attached hydrogen (secondary N) is 1. The van der Waals surface area contributed by atoms with E-state index in [2.05, 4.69) is 10.4 Å². The first-order chi connectivity index (χ1) is 12.6. The van der Waals surface area contributed by atoms with Gasteiger partial charge in [0.25, 0.3) is 0 Å². The summed E-state index contributed by atoms with van der Waals surface area (Å²) in [6.45, 7) is 3.98. The molecule has 1 aliphatic rings. The van der Waals surface area contributed by atoms with Crippen LogP contribution in [0.25, 0.3) is 5.69 Å². The topological polar surface area (TPSA) is 60.1 Å². The Balaban J connectivity index is 1.52. The first-order valence-corrected chi connectivity index (χ1v) is 9.09. The van der Waals surface area contributed by atoms with Gasteiger partial charge < -0.3 is 9.73 Å². The summed E-state index contributed by atoms with van der Waals surface area (Å²) in [5, 5.41) is 7.81. The van der Waals surface area contributed by atoms with Gasteiger partial charge in [-0.25, -0.2) is 4.68 Å². The first-order valence-electron chi connectivity index (χ1n) is 9.09. The van der Waals surface area contributed by atoms with Crippen molar-refractivity contribution in [1.82, 2.24) is 15.1 Å². The third-order valence-corrected chi connectivity index (χ3v) is 5.17. The lowest BCUT2D eigenvalue weighted by molar-refractivity contribution is -0.121. The number of benzene rings is 1. The maximum Gasteiger partial charge on any atom is 0.225 e. The smallest absolute Gasteiger partial charge is 0.225 e. The molecule has 1 aromatic carbocycles. The van der Waals surface area contributed by atoms with Gasteiger partial charge in [-0.3, -0.25) is 4.79 Å². The fourth-order valence-electron chi connectivity index (χ4n) is 3.79. The van der Waals surface area contributed by atoms with Gasteiger partial charge in [0.15, 0.2) is 0 Å². The average Bonchev–Trinajstić information content (AvgIpc) is 3.23. The molecular formula is C21H23N3O2. The SMILES string of the molecule is Cc1nn(-c2ccccc2)c(C)c1CC(=O)NC1CCCc2occc21. The van der Waals surface area contributed by atoms with Crippen LogP contribution < -0.4 is 5.32 Å². The van der Waals surface area contributed by atoms with Gasteiger partial charge in [-0.15, -0.1) is 0 Å². The van der Waals surface area contributed by atoms with E-state index in [1.165, 1.54) is 0 Å². The molecule has 5 nitrogen and oxygen atoms in total. The summed E-state index contributed by atoms with van der Waals surface area (Å²) in [6.07, 6.45) is 5.01. The molecule has 5 heteroatoms. The Kier molecular flexibility index (Phi) is 4.37. The number of hydrogen-bond donors (Lipinski definition) is 1. The van der Waals surface area contributed by atoms with Crippen LogP contribution in [0, 0.1) is 13.8 Å². The molecule has 0 radical (unpaired) electrons. The number of aromatic nitrogens is 2. The molecular weight excluding hydrogens is 326 g/mol. The Morgan fingerprint density at radius 1 is 1.27 bits per heavy atom. The van der Waals surface area contributed by atoms with Gasteiger partial charge in [-0.2, -0.15) is 5.10 Å². The minimum Gasteiger partial charge on any atom is -0.469 e. The van der Waals surface area contributed by atoms with Crippen molar-refractivity contribution in [1.29, 1.82) is 0 Å². The summed E-state index contributed by atoms with van der Waals surface area (Å²) in [6, 6.07) is 12.0. The summed E-state index contributed by atoms with van der Waals surface area (Å²) in [5.41, 5.74) is 5.04. The van der Waals surface area contributed by atoms with Crippen molar-refractivity contribution in [2.24, 2.45) is 0 Å². The van der Waals surface area contributed by atoms with E-state index in [-0.39, 0.29) is 11.9 Å². The van der Waals surface area contributed by atoms with Gasteiger partial charge in [0.1, 0.15) is 5.76 Å². The van der Waals surface area contributed by atoms with E-state index in [0.717, 1.165) is 53.2 Å². The van der Waals surface area contributed by atoms with Crippen LogP contribution in [0.15, 0.2) is 47.1 Å². The minimum absolute atomic E-state index is 0.0304. The zero-order chi connectivity index (χ0) is 18.1. The molecule has 0 spiro atoms. The lowest BCUT2D eigenvalue weighted by atomic mass is 9.93. The van der Waals surface area contributed by atoms with Crippen LogP contribution in [-0.4, -0.2) is 15.7 Å². The fourth-order valence-corrected chi connectivity index (χ4v) is 3.79. The second-order valence-corrected chi connectivity index (χ2v) is 6.88. The number of amides is 1. The van der Waals surface area contributed by atoms with Gasteiger partial charge in [0.2, 0.25) is 5.91 Å². The number of aryl methyl sites for hydroxylation is 2. The van der Waals surface area contributed by atoms with Crippen molar-refractivity contribution in [3.63, 3.8) is 0 Å². The molecule has 1 unspecified atom stereocenters. The van der Waals surface area contributed by atoms with Gasteiger partial charge in [0.05, 0.1) is 30.1 Å². The maximum absolute atomic E-state index is 12.7. The predicted molar refractivity (Wildman–Crippen MR) is 99.3 cm³/mol. The Bertz CT molecular complexity index is 924. The maximum atomic E-state index is 12.7. The minimum atomic E-state index is 0.0304. The fraction of sp³-hybridized carbons (Fsp3) is 0.333. The van der Waals surface area contributed by atoms with Crippen molar-refractivity contribution in [3.8, 4) is 5.69 Å². The molecule has 0 saturated carbocycles. The molecule has 1 N–H and O–H groups in total. The number of nitrogens with zero attached hydrogens (tertiary/aromatic N) is 2. The largest absolute Gasteiger partial charge is 0.469 e. The van der Waals surface area contributed by atoms with Crippen LogP contribution in [0.4, 0.5) is 0 Å². The highest BCUT2D eigenvalue weighted by Crippen LogP contribution is 2.30. The highest BCUT2D eigenvalue weighted by Gasteiger charge is 2.25. The summed E-state index contributed by atoms with van der Waals surface area (Å²) < 4.78 is 7.42. The van der Waals surface area contributed by atoms with Crippen LogP contribution in [0.5, 0.6) is 0 Å². The predicted octanol–water partition coefficient (Wildman–Crippen LogP) is 3.82. The Hall–Kier alpha value is -2.82. The van der Waals surface area contributed by atoms with E-state index in [1.54, 1.807) is 6.26 Å². The normalized spacial score (nSPS) is 16.3. The number of rotatable bonds is 4. The molecule has 0 bridgehead atoms. The number of carbonyl (C=O) groups excluding carboxylic acids is 1. The molecule has 0 aliphatic heterocycles. The number of fused-ring (bicyclic) bond motifs is 1. The van der Waals surface area contributed by atoms with Crippen LogP contribution in [0.2, 0.25) is 0 Å². The molecule has 26 heavy (non-hydrogen) atoms. The van der Waals surface area contributed by atoms with Crippen LogP contribution in [0.3, 0.4) is 0 Å². The van der Waals surface area contributed by atoms with Gasteiger partial charge in [-0.1, -0.05) is 18.2 Å². The summed E-state index contributed by atoms with van der Waals surface area (Å²) >= 11 is 0. The first kappa shape index (κ1) is 16.6. The van der Waals surface area contributed by atoms with Crippen LogP contribution >= 0.6 is 0 Å². The van der Waals surface area contributed by atoms with Crippen molar-refractivity contribution in [2.75, 3.05) is 0 Å². The van der Waals surface area contributed by atoms with E-state index in [1.807, 2.05) is 54.9 Å². The molecule has 2 heterocycles. The average molecular weight is 349 g/mol. The Morgan fingerprint density at radius 3 is 2.88 bits per heavy atom. The monoisotopic (exact) mass is 349 g/mol. The molecule has 0 fully saturated rings. The van der Waals surface area contributed by atoms with E-state index in [9.17, 15) is 4.79 Å². The molecule has 4 rings (SSSR count). The number of hydrogen-bond acceptors (Lipinski definition) is 3. The zero-order valence-corrected chi connectivity index (χ0v) is 15.2. The second kappa shape index (κ2) is 6.83. The van der Waals surface area contributed by atoms with Crippen molar-refractivity contribution in [3.05, 3.63) is 70.9 Å². The van der Waals surface area contributed by atoms with Gasteiger partial charge in [0, 0.05) is 23.2 Å². The highest BCUT2D eigenvalue weighted by atomic mass is 16.3. The number of furan rings is 1. The molecule has 1 aliphatic carbocycles. The summed E-state index contributed by atoms with van der Waals surface area (Å²) in [5.74, 6) is 1.04. The van der Waals surface area contributed by atoms with Crippen molar-refractivity contribution < 1.29 is 9.21 Å². The van der Waals surface area contributed by atoms with Crippen LogP contribution in [0.1, 0.15) is 47.2 Å². The van der Waals surface area contributed by atoms with E-state index in [0.29, 0.717) is 6.42 Å². The molecule has 3 aromatic rings. The third kappa shape index (κ3) is 3.05. The van der Waals surface area contributed by atoms with E-state index < -0.39 is 0 Å². The molecule has 134 valence electrons. The third-order valence-electron chi connectivity index (χ3n) is 5.17. The molecule has 0 saturated heterocycles. The van der Waals surface area contributed by atoms with E-state index >= 15 is 0 Å². The van der Waals surface area contributed by atoms with Crippen molar-refractivity contribution in [2.45, 2.75) is 45.6 Å². The van der Waals surface area contributed by atoms with Gasteiger partial charge >= 0.3 is 0 Å². The standard InChI is InChI=1S/C21H23N3O2/c1-14-18(15(2)24(23-14)16-7-4-3-5-8-16)13-21(25)22-19-9-6-10-20-17(19)11-12-26-20/h3-5,7-8,11-12,19H,6,9-10,13H2,1-2H3,(H,22,25). The number of carbonyl (C=O) groups is 1. The Morgan fingerprint density at radius 2 is 2.08 bits per heavy atom. The molecule has 2 aromatic heterocycles. The summed E-state index contributed by atoms with van der Waals surface area (Å²) in [4.78, 5) is 12.7. The van der Waals surface area contributed by atoms with Crippen LogP contribution in [-0.2, 0) is 17.6 Å².